The zero-order chi connectivity index (χ0) is 45.8. The Kier molecular flexibility index (Phi) is 12.4. The predicted octanol–water partition coefficient (Wildman–Crippen LogP) is 7.70. The molecule has 2 aliphatic heterocycles. The summed E-state index contributed by atoms with van der Waals surface area (Å²) in [5.74, 6) is -2.39. The Morgan fingerprint density at radius 2 is 1.83 bits per heavy atom. The van der Waals surface area contributed by atoms with Crippen LogP contribution in [0.4, 0.5) is 4.79 Å². The quantitative estimate of drug-likeness (QED) is 0.140. The molecule has 4 amide bonds. The number of ether oxygens (including phenoxy) is 2. The third-order valence-electron chi connectivity index (χ3n) is 12.5. The topological polar surface area (TPSA) is 191 Å². The fraction of sp³-hybridized carbons (Fsp3) is 0.522. The molecule has 4 aliphatic rings. The molecule has 4 aromatic rings. The number of rotatable bonds is 9. The van der Waals surface area contributed by atoms with Gasteiger partial charge >= 0.3 is 6.09 Å². The lowest BCUT2D eigenvalue weighted by Gasteiger charge is -2.30. The molecule has 2 aromatic carbocycles. The second-order valence-corrected chi connectivity index (χ2v) is 22.5. The molecule has 5 atom stereocenters. The lowest BCUT2D eigenvalue weighted by atomic mass is 10.0. The Labute approximate surface area is 382 Å². The average Bonchev–Trinajstić information content (AvgIpc) is 3.89. The number of carbonyl (C=O) groups is 4. The van der Waals surface area contributed by atoms with Crippen LogP contribution in [0.1, 0.15) is 105 Å². The van der Waals surface area contributed by atoms with E-state index < -0.39 is 73.8 Å². The van der Waals surface area contributed by atoms with E-state index in [-0.39, 0.29) is 31.4 Å². The van der Waals surface area contributed by atoms with Crippen molar-refractivity contribution in [2.75, 3.05) is 6.54 Å². The van der Waals surface area contributed by atoms with Gasteiger partial charge in [0.15, 0.2) is 0 Å². The van der Waals surface area contributed by atoms with Crippen LogP contribution in [-0.2, 0) is 29.1 Å². The molecular weight excluding hydrogens is 878 g/mol. The Hall–Kier alpha value is -5.00. The van der Waals surface area contributed by atoms with Gasteiger partial charge in [0, 0.05) is 39.9 Å². The minimum absolute atomic E-state index is 0.0228. The predicted molar refractivity (Wildman–Crippen MR) is 245 cm³/mol. The molecule has 15 nitrogen and oxygen atoms in total. The van der Waals surface area contributed by atoms with Gasteiger partial charge in [-0.2, -0.15) is 4.98 Å². The van der Waals surface area contributed by atoms with Gasteiger partial charge < -0.3 is 25.0 Å². The highest BCUT2D eigenvalue weighted by atomic mass is 35.5. The molecule has 1 saturated heterocycles. The van der Waals surface area contributed by atoms with Crippen molar-refractivity contribution in [1.29, 1.82) is 0 Å². The number of amides is 4. The number of benzene rings is 2. The molecular formula is C46H56ClN7O8S2. The normalized spacial score (nSPS) is 25.3. The lowest BCUT2D eigenvalue weighted by Crippen LogP contribution is -2.58. The zero-order valence-electron chi connectivity index (χ0n) is 37.0. The summed E-state index contributed by atoms with van der Waals surface area (Å²) in [6.07, 6.45) is 6.50. The van der Waals surface area contributed by atoms with Crippen LogP contribution in [0, 0.1) is 5.92 Å². The number of halogens is 1. The third kappa shape index (κ3) is 9.39. The van der Waals surface area contributed by atoms with E-state index >= 15 is 0 Å². The SMILES string of the molecule is CC(C)n1c(O[C@@H]2C[C@H]3C(=O)N[C@]4(C(=O)NS(=O)(=O)C5(C)CC5)C[C@H]4/C=C\CCCCC[C@H](NC(=O)OC(C)(C)C)C(=O)N3C2)nc2c(-c3nc(-c4cccc(Cl)c4)cs3)cccc21. The van der Waals surface area contributed by atoms with Gasteiger partial charge in [-0.25, -0.2) is 18.2 Å². The molecule has 3 fully saturated rings. The van der Waals surface area contributed by atoms with Crippen LogP contribution in [0.15, 0.2) is 60.0 Å². The van der Waals surface area contributed by atoms with Crippen molar-refractivity contribution in [3.8, 4) is 27.8 Å². The number of nitrogens with one attached hydrogen (secondary N) is 3. The van der Waals surface area contributed by atoms with E-state index in [1.165, 1.54) is 16.2 Å². The Morgan fingerprint density at radius 1 is 1.06 bits per heavy atom. The molecule has 2 aromatic heterocycles. The molecule has 0 radical (unpaired) electrons. The first kappa shape index (κ1) is 45.6. The van der Waals surface area contributed by atoms with Crippen LogP contribution in [0.25, 0.3) is 32.9 Å². The van der Waals surface area contributed by atoms with E-state index in [0.717, 1.165) is 40.2 Å². The molecule has 0 bridgehead atoms. The fourth-order valence-corrected chi connectivity index (χ4v) is 10.9. The first-order valence-electron chi connectivity index (χ1n) is 22.0. The van der Waals surface area contributed by atoms with Crippen molar-refractivity contribution in [2.24, 2.45) is 5.92 Å². The van der Waals surface area contributed by atoms with E-state index in [4.69, 9.17) is 31.0 Å². The van der Waals surface area contributed by atoms with E-state index in [9.17, 15) is 27.6 Å². The maximum Gasteiger partial charge on any atom is 0.408 e. The molecule has 0 spiro atoms. The number of aromatic nitrogens is 3. The molecule has 342 valence electrons. The number of thiazole rings is 1. The zero-order valence-corrected chi connectivity index (χ0v) is 39.4. The van der Waals surface area contributed by atoms with E-state index in [1.807, 2.05) is 78.4 Å². The number of alkyl carbamates (subject to hydrolysis) is 1. The molecule has 0 unspecified atom stereocenters. The monoisotopic (exact) mass is 933 g/mol. The molecule has 2 saturated carbocycles. The van der Waals surface area contributed by atoms with Crippen molar-refractivity contribution in [1.82, 2.24) is 34.8 Å². The maximum absolute atomic E-state index is 14.8. The number of para-hydroxylation sites is 1. The summed E-state index contributed by atoms with van der Waals surface area (Å²) in [4.78, 5) is 68.1. The van der Waals surface area contributed by atoms with Crippen LogP contribution in [0.3, 0.4) is 0 Å². The third-order valence-corrected chi connectivity index (χ3v) is 15.8. The molecule has 64 heavy (non-hydrogen) atoms. The standard InChI is InChI=1S/C46H56ClN7O8S2/c1-27(2)54-35-19-13-17-32(39-48-34(26-63-39)28-14-12-16-30(47)22-28)37(35)50-42(54)61-31-23-36-38(55)51-46(41(57)52-64(59,60)45(6)20-21-45)24-29(46)15-10-8-7-9-11-18-33(40(56)53(36)25-31)49-43(58)62-44(3,4)5/h10,12-17,19,22,26-27,29,31,33,36H,7-9,11,18,20-21,23-25H2,1-6H3,(H,49,58)(H,51,55)(H,52,57)/b15-10-/t29-,31-,33+,36+,46-/m1/s1. The summed E-state index contributed by atoms with van der Waals surface area (Å²) in [6.45, 7) is 10.8. The van der Waals surface area contributed by atoms with Crippen LogP contribution < -0.4 is 20.1 Å². The number of imidazole rings is 1. The number of hydrogen-bond donors (Lipinski definition) is 3. The summed E-state index contributed by atoms with van der Waals surface area (Å²) in [6, 6.07) is 11.4. The number of hydrogen-bond acceptors (Lipinski definition) is 11. The number of nitrogens with zero attached hydrogens (tertiary/aromatic N) is 4. The lowest BCUT2D eigenvalue weighted by molar-refractivity contribution is -0.141. The summed E-state index contributed by atoms with van der Waals surface area (Å²) < 4.78 is 42.1. The summed E-state index contributed by atoms with van der Waals surface area (Å²) in [5, 5.41) is 9.04. The highest BCUT2D eigenvalue weighted by Crippen LogP contribution is 2.48. The van der Waals surface area contributed by atoms with Crippen molar-refractivity contribution >= 4 is 67.8 Å². The molecule has 8 rings (SSSR count). The first-order valence-corrected chi connectivity index (χ1v) is 24.8. The van der Waals surface area contributed by atoms with Gasteiger partial charge in [0.25, 0.3) is 11.9 Å². The Morgan fingerprint density at radius 3 is 2.55 bits per heavy atom. The molecule has 3 N–H and O–H groups in total. The summed E-state index contributed by atoms with van der Waals surface area (Å²) in [5.41, 5.74) is 1.58. The smallest absolute Gasteiger partial charge is 0.408 e. The van der Waals surface area contributed by atoms with E-state index in [0.29, 0.717) is 42.6 Å². The highest BCUT2D eigenvalue weighted by Gasteiger charge is 2.63. The minimum atomic E-state index is -4.02. The van der Waals surface area contributed by atoms with Gasteiger partial charge in [-0.05, 0) is 104 Å². The van der Waals surface area contributed by atoms with Gasteiger partial charge in [0.2, 0.25) is 21.8 Å². The summed E-state index contributed by atoms with van der Waals surface area (Å²) >= 11 is 7.77. The largest absolute Gasteiger partial charge is 0.459 e. The number of sulfonamides is 1. The number of carbonyl (C=O) groups excluding carboxylic acids is 4. The van der Waals surface area contributed by atoms with Gasteiger partial charge in [-0.15, -0.1) is 11.3 Å². The van der Waals surface area contributed by atoms with Crippen molar-refractivity contribution < 1.29 is 37.1 Å². The summed E-state index contributed by atoms with van der Waals surface area (Å²) in [7, 11) is -4.02. The van der Waals surface area contributed by atoms with E-state index in [1.54, 1.807) is 27.7 Å². The second-order valence-electron chi connectivity index (χ2n) is 19.0. The molecule has 18 heteroatoms. The Bertz CT molecular complexity index is 2620. The van der Waals surface area contributed by atoms with Gasteiger partial charge in [0.1, 0.15) is 39.9 Å². The van der Waals surface area contributed by atoms with E-state index in [2.05, 4.69) is 15.4 Å². The van der Waals surface area contributed by atoms with Crippen LogP contribution in [-0.4, -0.2) is 92.3 Å². The van der Waals surface area contributed by atoms with Crippen LogP contribution >= 0.6 is 22.9 Å². The first-order chi connectivity index (χ1) is 30.3. The molecule has 2 aliphatic carbocycles. The number of allylic oxidation sites excluding steroid dienone is 1. The van der Waals surface area contributed by atoms with Crippen LogP contribution in [0.5, 0.6) is 6.01 Å². The average molecular weight is 935 g/mol. The van der Waals surface area contributed by atoms with Gasteiger partial charge in [-0.3, -0.25) is 23.7 Å². The molecule has 4 heterocycles. The fourth-order valence-electron chi connectivity index (χ4n) is 8.57. The highest BCUT2D eigenvalue weighted by molar-refractivity contribution is 7.91. The maximum atomic E-state index is 14.8. The van der Waals surface area contributed by atoms with Crippen molar-refractivity contribution in [3.05, 3.63) is 65.0 Å². The Balaban J connectivity index is 1.12. The van der Waals surface area contributed by atoms with Crippen molar-refractivity contribution in [3.63, 3.8) is 0 Å². The van der Waals surface area contributed by atoms with Gasteiger partial charge in [-0.1, -0.05) is 54.8 Å². The minimum Gasteiger partial charge on any atom is -0.459 e. The number of fused-ring (bicyclic) bond motifs is 3. The van der Waals surface area contributed by atoms with Gasteiger partial charge in [0.05, 0.1) is 22.5 Å². The van der Waals surface area contributed by atoms with Crippen LogP contribution in [0.2, 0.25) is 5.02 Å². The second kappa shape index (κ2) is 17.4. The van der Waals surface area contributed by atoms with Crippen molar-refractivity contribution in [2.45, 2.75) is 139 Å².